The molecular weight excluding hydrogens is 195 g/mol. The highest BCUT2D eigenvalue weighted by Crippen LogP contribution is 2.35. The van der Waals surface area contributed by atoms with Crippen molar-refractivity contribution in [3.63, 3.8) is 0 Å². The number of rotatable bonds is 7. The quantitative estimate of drug-likeness (QED) is 0.488. The van der Waals surface area contributed by atoms with Gasteiger partial charge < -0.3 is 9.79 Å². The number of hydrogen-bond acceptors (Lipinski definition) is 3. The monoisotopic (exact) mass is 210 g/mol. The van der Waals surface area contributed by atoms with E-state index in [0.717, 1.165) is 19.3 Å². The van der Waals surface area contributed by atoms with E-state index in [0.29, 0.717) is 6.42 Å². The first-order valence-corrected chi connectivity index (χ1v) is 5.70. The molecule has 13 heavy (non-hydrogen) atoms. The molecule has 0 saturated heterocycles. The SMILES string of the molecule is CCCCCC(=O)COP(=O)(O)O. The first kappa shape index (κ1) is 12.8. The van der Waals surface area contributed by atoms with Crippen LogP contribution in [-0.2, 0) is 13.9 Å². The minimum atomic E-state index is -4.48. The minimum Gasteiger partial charge on any atom is -0.303 e. The zero-order chi connectivity index (χ0) is 10.3. The maximum atomic E-state index is 10.9. The van der Waals surface area contributed by atoms with Crippen molar-refractivity contribution in [1.29, 1.82) is 0 Å². The van der Waals surface area contributed by atoms with Crippen molar-refractivity contribution in [3.8, 4) is 0 Å². The van der Waals surface area contributed by atoms with Crippen molar-refractivity contribution in [2.75, 3.05) is 6.61 Å². The number of unbranched alkanes of at least 4 members (excludes halogenated alkanes) is 2. The van der Waals surface area contributed by atoms with E-state index in [1.807, 2.05) is 6.92 Å². The Morgan fingerprint density at radius 1 is 1.38 bits per heavy atom. The van der Waals surface area contributed by atoms with Crippen LogP contribution in [0.1, 0.15) is 32.6 Å². The molecule has 0 fully saturated rings. The lowest BCUT2D eigenvalue weighted by atomic mass is 10.1. The highest BCUT2D eigenvalue weighted by Gasteiger charge is 2.15. The number of hydrogen-bond donors (Lipinski definition) is 2. The van der Waals surface area contributed by atoms with E-state index < -0.39 is 14.4 Å². The van der Waals surface area contributed by atoms with Gasteiger partial charge in [0.1, 0.15) is 6.61 Å². The van der Waals surface area contributed by atoms with Crippen LogP contribution in [0.4, 0.5) is 0 Å². The van der Waals surface area contributed by atoms with Gasteiger partial charge in [-0.05, 0) is 6.42 Å². The highest BCUT2D eigenvalue weighted by atomic mass is 31.2. The van der Waals surface area contributed by atoms with Gasteiger partial charge in [-0.25, -0.2) is 4.57 Å². The Labute approximate surface area is 77.3 Å². The molecule has 0 aliphatic heterocycles. The van der Waals surface area contributed by atoms with Crippen LogP contribution in [0.5, 0.6) is 0 Å². The number of phosphoric acid groups is 1. The molecule has 0 unspecified atom stereocenters. The normalized spacial score (nSPS) is 11.6. The number of Topliss-reactive ketones (excluding diaryl/α,β-unsaturated/α-hetero) is 1. The van der Waals surface area contributed by atoms with Gasteiger partial charge in [0.05, 0.1) is 0 Å². The summed E-state index contributed by atoms with van der Waals surface area (Å²) in [6.07, 6.45) is 3.03. The number of ketones is 1. The molecule has 6 heteroatoms. The zero-order valence-electron chi connectivity index (χ0n) is 7.60. The summed E-state index contributed by atoms with van der Waals surface area (Å²) in [5.74, 6) is -0.267. The summed E-state index contributed by atoms with van der Waals surface area (Å²) in [6.45, 7) is 1.52. The molecule has 0 atom stereocenters. The van der Waals surface area contributed by atoms with Crippen molar-refractivity contribution in [3.05, 3.63) is 0 Å². The van der Waals surface area contributed by atoms with Gasteiger partial charge in [-0.3, -0.25) is 9.32 Å². The van der Waals surface area contributed by atoms with Gasteiger partial charge in [-0.2, -0.15) is 0 Å². The Morgan fingerprint density at radius 2 is 2.00 bits per heavy atom. The van der Waals surface area contributed by atoms with E-state index in [4.69, 9.17) is 9.79 Å². The highest BCUT2D eigenvalue weighted by molar-refractivity contribution is 7.46. The topological polar surface area (TPSA) is 83.8 Å². The van der Waals surface area contributed by atoms with Crippen molar-refractivity contribution >= 4 is 13.6 Å². The molecule has 0 rings (SSSR count). The van der Waals surface area contributed by atoms with Gasteiger partial charge in [0.2, 0.25) is 0 Å². The second-order valence-electron chi connectivity index (χ2n) is 2.76. The molecular formula is C7H15O5P. The lowest BCUT2D eigenvalue weighted by Gasteiger charge is -2.03. The molecule has 5 nitrogen and oxygen atoms in total. The van der Waals surface area contributed by atoms with Crippen LogP contribution in [0.3, 0.4) is 0 Å². The van der Waals surface area contributed by atoms with E-state index in [1.54, 1.807) is 0 Å². The number of carbonyl (C=O) groups excluding carboxylic acids is 1. The molecule has 0 spiro atoms. The maximum absolute atomic E-state index is 10.9. The van der Waals surface area contributed by atoms with Crippen molar-refractivity contribution < 1.29 is 23.7 Å². The van der Waals surface area contributed by atoms with E-state index in [2.05, 4.69) is 4.52 Å². The predicted molar refractivity (Wildman–Crippen MR) is 47.1 cm³/mol. The van der Waals surface area contributed by atoms with Gasteiger partial charge in [0.25, 0.3) is 0 Å². The molecule has 78 valence electrons. The van der Waals surface area contributed by atoms with Crippen LogP contribution < -0.4 is 0 Å². The molecule has 0 aliphatic carbocycles. The lowest BCUT2D eigenvalue weighted by molar-refractivity contribution is -0.121. The summed E-state index contributed by atoms with van der Waals surface area (Å²) in [5.41, 5.74) is 0. The van der Waals surface area contributed by atoms with Crippen molar-refractivity contribution in [2.24, 2.45) is 0 Å². The first-order valence-electron chi connectivity index (χ1n) is 4.17. The lowest BCUT2D eigenvalue weighted by Crippen LogP contribution is -2.06. The fraction of sp³-hybridized carbons (Fsp3) is 0.857. The average Bonchev–Trinajstić information content (AvgIpc) is 2.00. The molecule has 2 N–H and O–H groups in total. The summed E-state index contributed by atoms with van der Waals surface area (Å²) in [4.78, 5) is 27.4. The van der Waals surface area contributed by atoms with Crippen LogP contribution in [0, 0.1) is 0 Å². The molecule has 0 aliphatic rings. The van der Waals surface area contributed by atoms with Crippen LogP contribution >= 0.6 is 7.82 Å². The Bertz CT molecular complexity index is 197. The number of carbonyl (C=O) groups is 1. The van der Waals surface area contributed by atoms with Gasteiger partial charge in [0.15, 0.2) is 5.78 Å². The smallest absolute Gasteiger partial charge is 0.303 e. The Hall–Kier alpha value is -0.220. The summed E-state index contributed by atoms with van der Waals surface area (Å²) < 4.78 is 14.2. The fourth-order valence-electron chi connectivity index (χ4n) is 0.800. The minimum absolute atomic E-state index is 0.267. The predicted octanol–water partition coefficient (Wildman–Crippen LogP) is 1.25. The van der Waals surface area contributed by atoms with Gasteiger partial charge in [-0.15, -0.1) is 0 Å². The van der Waals surface area contributed by atoms with E-state index >= 15 is 0 Å². The average molecular weight is 210 g/mol. The second kappa shape index (κ2) is 6.27. The summed E-state index contributed by atoms with van der Waals surface area (Å²) in [6, 6.07) is 0. The molecule has 0 saturated carbocycles. The van der Waals surface area contributed by atoms with Crippen LogP contribution in [0.25, 0.3) is 0 Å². The third-order valence-corrected chi connectivity index (χ3v) is 1.92. The van der Waals surface area contributed by atoms with E-state index in [1.165, 1.54) is 0 Å². The fourth-order valence-corrected chi connectivity index (χ4v) is 1.11. The summed E-state index contributed by atoms with van der Waals surface area (Å²) in [7, 11) is -4.48. The van der Waals surface area contributed by atoms with Gasteiger partial charge in [0, 0.05) is 6.42 Å². The Kier molecular flexibility index (Phi) is 6.16. The molecule has 0 amide bonds. The van der Waals surface area contributed by atoms with Crippen LogP contribution in [-0.4, -0.2) is 22.2 Å². The maximum Gasteiger partial charge on any atom is 0.470 e. The zero-order valence-corrected chi connectivity index (χ0v) is 8.50. The van der Waals surface area contributed by atoms with E-state index in [-0.39, 0.29) is 5.78 Å². The molecule has 0 heterocycles. The third kappa shape index (κ3) is 9.70. The molecule has 0 radical (unpaired) electrons. The molecule has 0 aromatic carbocycles. The molecule has 0 aromatic heterocycles. The van der Waals surface area contributed by atoms with Crippen LogP contribution in [0.2, 0.25) is 0 Å². The first-order chi connectivity index (χ1) is 5.95. The molecule has 0 bridgehead atoms. The summed E-state index contributed by atoms with van der Waals surface area (Å²) >= 11 is 0. The van der Waals surface area contributed by atoms with Crippen LogP contribution in [0.15, 0.2) is 0 Å². The van der Waals surface area contributed by atoms with Gasteiger partial charge in [-0.1, -0.05) is 19.8 Å². The number of phosphoric ester groups is 1. The Balaban J connectivity index is 3.47. The third-order valence-electron chi connectivity index (χ3n) is 1.45. The largest absolute Gasteiger partial charge is 0.470 e. The van der Waals surface area contributed by atoms with Gasteiger partial charge >= 0.3 is 7.82 Å². The van der Waals surface area contributed by atoms with Crippen molar-refractivity contribution in [1.82, 2.24) is 0 Å². The second-order valence-corrected chi connectivity index (χ2v) is 4.00. The van der Waals surface area contributed by atoms with E-state index in [9.17, 15) is 9.36 Å². The Morgan fingerprint density at radius 3 is 2.46 bits per heavy atom. The molecule has 0 aromatic rings. The standard InChI is InChI=1S/C7H15O5P/c1-2-3-4-5-7(8)6-12-13(9,10)11/h2-6H2,1H3,(H2,9,10,11). The summed E-state index contributed by atoms with van der Waals surface area (Å²) in [5, 5.41) is 0. The van der Waals surface area contributed by atoms with Crippen molar-refractivity contribution in [2.45, 2.75) is 32.6 Å².